The van der Waals surface area contributed by atoms with Crippen molar-refractivity contribution in [3.8, 4) is 5.75 Å². The quantitative estimate of drug-likeness (QED) is 0.582. The first kappa shape index (κ1) is 21.4. The van der Waals surface area contributed by atoms with Gasteiger partial charge < -0.3 is 20.1 Å². The van der Waals surface area contributed by atoms with Gasteiger partial charge in [0.1, 0.15) is 5.75 Å². The van der Waals surface area contributed by atoms with Crippen LogP contribution in [-0.2, 0) is 9.53 Å². The van der Waals surface area contributed by atoms with Gasteiger partial charge >= 0.3 is 0 Å². The van der Waals surface area contributed by atoms with Gasteiger partial charge in [-0.15, -0.1) is 0 Å². The maximum atomic E-state index is 12.5. The molecule has 2 amide bonds. The van der Waals surface area contributed by atoms with Crippen LogP contribution in [0.4, 0.5) is 5.69 Å². The summed E-state index contributed by atoms with van der Waals surface area (Å²) in [6.07, 6.45) is 0.999. The molecule has 0 heterocycles. The summed E-state index contributed by atoms with van der Waals surface area (Å²) < 4.78 is 11.0. The summed E-state index contributed by atoms with van der Waals surface area (Å²) in [4.78, 5) is 24.4. The lowest BCUT2D eigenvalue weighted by molar-refractivity contribution is -0.123. The zero-order valence-electron chi connectivity index (χ0n) is 16.4. The van der Waals surface area contributed by atoms with Gasteiger partial charge in [0, 0.05) is 18.8 Å². The minimum absolute atomic E-state index is 0.165. The summed E-state index contributed by atoms with van der Waals surface area (Å²) in [7, 11) is 0. The minimum atomic E-state index is -0.291. The Morgan fingerprint density at radius 3 is 2.43 bits per heavy atom. The number of anilines is 1. The standard InChI is InChI=1S/C22H28N2O4/c1-17(2)12-14-27-15-13-23-21(25)16-28-20-11-7-6-10-19(20)22(26)24-18-8-4-3-5-9-18/h3-11,17H,12-16H2,1-2H3,(H,23,25)(H,24,26). The van der Waals surface area contributed by atoms with E-state index in [1.54, 1.807) is 36.4 Å². The SMILES string of the molecule is CC(C)CCOCCNC(=O)COc1ccccc1C(=O)Nc1ccccc1. The molecule has 0 fully saturated rings. The largest absolute Gasteiger partial charge is 0.483 e. The van der Waals surface area contributed by atoms with Crippen LogP contribution in [0.15, 0.2) is 54.6 Å². The van der Waals surface area contributed by atoms with E-state index in [0.29, 0.717) is 42.7 Å². The van der Waals surface area contributed by atoms with Gasteiger partial charge in [0.2, 0.25) is 0 Å². The van der Waals surface area contributed by atoms with E-state index < -0.39 is 0 Å². The number of rotatable bonds is 11. The molecule has 0 radical (unpaired) electrons. The van der Waals surface area contributed by atoms with E-state index >= 15 is 0 Å². The molecule has 0 atom stereocenters. The molecule has 0 aliphatic carbocycles. The lowest BCUT2D eigenvalue weighted by Crippen LogP contribution is -2.32. The Kier molecular flexibility index (Phi) is 9.01. The molecule has 0 aromatic heterocycles. The van der Waals surface area contributed by atoms with E-state index in [1.807, 2.05) is 18.2 Å². The Labute approximate surface area is 166 Å². The molecule has 0 saturated carbocycles. The number of hydrogen-bond donors (Lipinski definition) is 2. The van der Waals surface area contributed by atoms with Crippen molar-refractivity contribution in [2.45, 2.75) is 20.3 Å². The number of hydrogen-bond acceptors (Lipinski definition) is 4. The van der Waals surface area contributed by atoms with Gasteiger partial charge in [0.05, 0.1) is 12.2 Å². The van der Waals surface area contributed by atoms with E-state index in [1.165, 1.54) is 0 Å². The number of ether oxygens (including phenoxy) is 2. The van der Waals surface area contributed by atoms with Crippen molar-refractivity contribution < 1.29 is 19.1 Å². The molecule has 0 spiro atoms. The van der Waals surface area contributed by atoms with E-state index in [9.17, 15) is 9.59 Å². The van der Waals surface area contributed by atoms with E-state index in [4.69, 9.17) is 9.47 Å². The fraction of sp³-hybridized carbons (Fsp3) is 0.364. The van der Waals surface area contributed by atoms with Gasteiger partial charge in [-0.1, -0.05) is 44.2 Å². The summed E-state index contributed by atoms with van der Waals surface area (Å²) in [5, 5.41) is 5.55. The fourth-order valence-corrected chi connectivity index (χ4v) is 2.38. The van der Waals surface area contributed by atoms with Crippen molar-refractivity contribution in [3.63, 3.8) is 0 Å². The summed E-state index contributed by atoms with van der Waals surface area (Å²) in [5.41, 5.74) is 1.06. The highest BCUT2D eigenvalue weighted by Crippen LogP contribution is 2.19. The molecule has 2 aromatic rings. The Morgan fingerprint density at radius 1 is 0.964 bits per heavy atom. The molecule has 150 valence electrons. The zero-order chi connectivity index (χ0) is 20.2. The number of para-hydroxylation sites is 2. The molecular weight excluding hydrogens is 356 g/mol. The second-order valence-electron chi connectivity index (χ2n) is 6.75. The Morgan fingerprint density at radius 2 is 1.68 bits per heavy atom. The van der Waals surface area contributed by atoms with Crippen molar-refractivity contribution in [1.82, 2.24) is 5.32 Å². The van der Waals surface area contributed by atoms with Crippen LogP contribution in [0.5, 0.6) is 5.75 Å². The highest BCUT2D eigenvalue weighted by Gasteiger charge is 2.13. The molecule has 0 aliphatic rings. The lowest BCUT2D eigenvalue weighted by Gasteiger charge is -2.12. The zero-order valence-corrected chi connectivity index (χ0v) is 16.4. The van der Waals surface area contributed by atoms with Crippen LogP contribution in [0.3, 0.4) is 0 Å². The first-order valence-corrected chi connectivity index (χ1v) is 9.49. The van der Waals surface area contributed by atoms with Crippen molar-refractivity contribution >= 4 is 17.5 Å². The maximum absolute atomic E-state index is 12.5. The molecule has 6 heteroatoms. The van der Waals surface area contributed by atoms with Gasteiger partial charge in [-0.05, 0) is 36.6 Å². The summed E-state index contributed by atoms with van der Waals surface area (Å²) in [6, 6.07) is 16.0. The molecular formula is C22H28N2O4. The number of benzene rings is 2. The fourth-order valence-electron chi connectivity index (χ4n) is 2.38. The van der Waals surface area contributed by atoms with Crippen molar-refractivity contribution in [2.24, 2.45) is 5.92 Å². The van der Waals surface area contributed by atoms with E-state index in [0.717, 1.165) is 6.42 Å². The second kappa shape index (κ2) is 11.8. The Hall–Kier alpha value is -2.86. The maximum Gasteiger partial charge on any atom is 0.259 e. The lowest BCUT2D eigenvalue weighted by atomic mass is 10.1. The predicted octanol–water partition coefficient (Wildman–Crippen LogP) is 3.50. The molecule has 2 rings (SSSR count). The monoisotopic (exact) mass is 384 g/mol. The molecule has 0 bridgehead atoms. The van der Waals surface area contributed by atoms with E-state index in [-0.39, 0.29) is 18.4 Å². The van der Waals surface area contributed by atoms with E-state index in [2.05, 4.69) is 24.5 Å². The number of carbonyl (C=O) groups excluding carboxylic acids is 2. The van der Waals surface area contributed by atoms with Crippen molar-refractivity contribution in [2.75, 3.05) is 31.7 Å². The summed E-state index contributed by atoms with van der Waals surface area (Å²) in [5.74, 6) is 0.410. The van der Waals surface area contributed by atoms with Gasteiger partial charge in [-0.3, -0.25) is 9.59 Å². The Bertz CT molecular complexity index is 747. The number of nitrogens with one attached hydrogen (secondary N) is 2. The van der Waals surface area contributed by atoms with Crippen LogP contribution in [0.2, 0.25) is 0 Å². The molecule has 0 unspecified atom stereocenters. The normalized spacial score (nSPS) is 10.5. The molecule has 6 nitrogen and oxygen atoms in total. The van der Waals surface area contributed by atoms with Crippen LogP contribution in [0, 0.1) is 5.92 Å². The third-order valence-corrected chi connectivity index (χ3v) is 3.93. The summed E-state index contributed by atoms with van der Waals surface area (Å²) >= 11 is 0. The van der Waals surface area contributed by atoms with Crippen LogP contribution in [0.25, 0.3) is 0 Å². The Balaban J connectivity index is 1.78. The van der Waals surface area contributed by atoms with Gasteiger partial charge in [-0.2, -0.15) is 0 Å². The van der Waals surface area contributed by atoms with Crippen LogP contribution in [-0.4, -0.2) is 38.2 Å². The third-order valence-electron chi connectivity index (χ3n) is 3.93. The molecule has 0 saturated heterocycles. The van der Waals surface area contributed by atoms with Crippen molar-refractivity contribution in [1.29, 1.82) is 0 Å². The van der Waals surface area contributed by atoms with Gasteiger partial charge in [0.25, 0.3) is 11.8 Å². The van der Waals surface area contributed by atoms with Gasteiger partial charge in [0.15, 0.2) is 6.61 Å². The molecule has 28 heavy (non-hydrogen) atoms. The predicted molar refractivity (Wildman–Crippen MR) is 110 cm³/mol. The molecule has 2 aromatic carbocycles. The van der Waals surface area contributed by atoms with Gasteiger partial charge in [-0.25, -0.2) is 0 Å². The minimum Gasteiger partial charge on any atom is -0.483 e. The van der Waals surface area contributed by atoms with Crippen LogP contribution < -0.4 is 15.4 Å². The topological polar surface area (TPSA) is 76.7 Å². The van der Waals surface area contributed by atoms with Crippen LogP contribution in [0.1, 0.15) is 30.6 Å². The smallest absolute Gasteiger partial charge is 0.259 e. The molecule has 0 aliphatic heterocycles. The average Bonchev–Trinajstić information content (AvgIpc) is 2.69. The van der Waals surface area contributed by atoms with Crippen molar-refractivity contribution in [3.05, 3.63) is 60.2 Å². The highest BCUT2D eigenvalue weighted by molar-refractivity contribution is 6.06. The second-order valence-corrected chi connectivity index (χ2v) is 6.75. The average molecular weight is 384 g/mol. The van der Waals surface area contributed by atoms with Crippen LogP contribution >= 0.6 is 0 Å². The summed E-state index contributed by atoms with van der Waals surface area (Å²) in [6.45, 7) is 5.70. The first-order chi connectivity index (χ1) is 13.6. The molecule has 2 N–H and O–H groups in total. The first-order valence-electron chi connectivity index (χ1n) is 9.49. The third kappa shape index (κ3) is 7.80. The number of carbonyl (C=O) groups is 2. The number of amides is 2. The highest BCUT2D eigenvalue weighted by atomic mass is 16.5.